The van der Waals surface area contributed by atoms with Crippen LogP contribution in [0.2, 0.25) is 0 Å². The maximum atomic E-state index is 12.7. The number of halogens is 3. The first kappa shape index (κ1) is 21.3. The summed E-state index contributed by atoms with van der Waals surface area (Å²) >= 11 is 0. The number of nitrogens with one attached hydrogen (secondary N) is 2. The maximum Gasteiger partial charge on any atom is 0.416 e. The fourth-order valence-corrected chi connectivity index (χ4v) is 3.12. The summed E-state index contributed by atoms with van der Waals surface area (Å²) in [6.45, 7) is 3.49. The monoisotopic (exact) mass is 414 g/mol. The van der Waals surface area contributed by atoms with Crippen LogP contribution < -0.4 is 14.8 Å². The number of ether oxygens (including phenoxy) is 1. The molecule has 10 heteroatoms. The highest BCUT2D eigenvalue weighted by atomic mass is 32.2. The Kier molecular flexibility index (Phi) is 6.68. The summed E-state index contributed by atoms with van der Waals surface area (Å²) in [5.41, 5.74) is -1.18. The van der Waals surface area contributed by atoms with Crippen molar-refractivity contribution in [2.75, 3.05) is 17.9 Å². The van der Waals surface area contributed by atoms with E-state index in [0.717, 1.165) is 12.1 Å². The minimum Gasteiger partial charge on any atom is -0.484 e. The third-order valence-corrected chi connectivity index (χ3v) is 4.79. The number of alkyl halides is 3. The van der Waals surface area contributed by atoms with Crippen molar-refractivity contribution in [3.05, 3.63) is 66.7 Å². The van der Waals surface area contributed by atoms with Gasteiger partial charge in [0.1, 0.15) is 5.75 Å². The van der Waals surface area contributed by atoms with Crippen LogP contribution in [0.25, 0.3) is 0 Å². The second-order valence-corrected chi connectivity index (χ2v) is 7.22. The number of hydrogen-bond donors (Lipinski definition) is 2. The van der Waals surface area contributed by atoms with Gasteiger partial charge in [0.05, 0.1) is 10.5 Å². The quantitative estimate of drug-likeness (QED) is 0.650. The SMILES string of the molecule is C=CCNC(=O)COc1ccc(S(=O)(=O)Nc2cccc(C(F)(F)F)c2)cc1. The van der Waals surface area contributed by atoms with E-state index in [9.17, 15) is 26.4 Å². The molecule has 2 aromatic rings. The first-order valence-corrected chi connectivity index (χ1v) is 9.40. The van der Waals surface area contributed by atoms with E-state index >= 15 is 0 Å². The summed E-state index contributed by atoms with van der Waals surface area (Å²) in [4.78, 5) is 11.3. The van der Waals surface area contributed by atoms with E-state index < -0.39 is 21.8 Å². The molecule has 1 amide bonds. The van der Waals surface area contributed by atoms with Gasteiger partial charge in [0.15, 0.2) is 6.61 Å². The van der Waals surface area contributed by atoms with E-state index in [1.54, 1.807) is 0 Å². The molecule has 0 saturated heterocycles. The number of carbonyl (C=O) groups excluding carboxylic acids is 1. The van der Waals surface area contributed by atoms with E-state index in [1.807, 2.05) is 0 Å². The summed E-state index contributed by atoms with van der Waals surface area (Å²) in [6.07, 6.45) is -3.08. The van der Waals surface area contributed by atoms with Gasteiger partial charge in [0.2, 0.25) is 0 Å². The molecule has 0 unspecified atom stereocenters. The van der Waals surface area contributed by atoms with Crippen molar-refractivity contribution < 1.29 is 31.1 Å². The Morgan fingerprint density at radius 1 is 1.14 bits per heavy atom. The molecule has 150 valence electrons. The zero-order valence-corrected chi connectivity index (χ0v) is 15.3. The molecule has 0 fully saturated rings. The number of rotatable bonds is 8. The van der Waals surface area contributed by atoms with E-state index in [-0.39, 0.29) is 28.8 Å². The third-order valence-electron chi connectivity index (χ3n) is 3.39. The fourth-order valence-electron chi connectivity index (χ4n) is 2.07. The molecule has 0 aliphatic heterocycles. The van der Waals surface area contributed by atoms with Crippen LogP contribution >= 0.6 is 0 Å². The first-order chi connectivity index (χ1) is 13.1. The highest BCUT2D eigenvalue weighted by Gasteiger charge is 2.30. The van der Waals surface area contributed by atoms with Gasteiger partial charge < -0.3 is 10.1 Å². The summed E-state index contributed by atoms with van der Waals surface area (Å²) in [6, 6.07) is 8.97. The standard InChI is InChI=1S/C18H17F3N2O4S/c1-2-10-22-17(24)12-27-15-6-8-16(9-7-15)28(25,26)23-14-5-3-4-13(11-14)18(19,20)21/h2-9,11,23H,1,10,12H2,(H,22,24). The third kappa shape index (κ3) is 6.02. The molecule has 0 saturated carbocycles. The maximum absolute atomic E-state index is 12.7. The Labute approximate surface area is 160 Å². The second kappa shape index (κ2) is 8.79. The molecular formula is C18H17F3N2O4S. The zero-order chi connectivity index (χ0) is 20.8. The van der Waals surface area contributed by atoms with Crippen LogP contribution in [0.3, 0.4) is 0 Å². The molecule has 2 rings (SSSR count). The van der Waals surface area contributed by atoms with Crippen molar-refractivity contribution in [2.45, 2.75) is 11.1 Å². The summed E-state index contributed by atoms with van der Waals surface area (Å²) in [5.74, 6) is -0.116. The zero-order valence-electron chi connectivity index (χ0n) is 14.5. The topological polar surface area (TPSA) is 84.5 Å². The molecule has 2 N–H and O–H groups in total. The molecule has 0 aliphatic carbocycles. The van der Waals surface area contributed by atoms with Crippen molar-refractivity contribution in [3.8, 4) is 5.75 Å². The fraction of sp³-hybridized carbons (Fsp3) is 0.167. The van der Waals surface area contributed by atoms with Gasteiger partial charge in [-0.25, -0.2) is 8.42 Å². The van der Waals surface area contributed by atoms with Crippen LogP contribution in [0.1, 0.15) is 5.56 Å². The molecule has 0 radical (unpaired) electrons. The van der Waals surface area contributed by atoms with Crippen molar-refractivity contribution in [1.29, 1.82) is 0 Å². The smallest absolute Gasteiger partial charge is 0.416 e. The van der Waals surface area contributed by atoms with Crippen molar-refractivity contribution >= 4 is 21.6 Å². The minimum atomic E-state index is -4.58. The molecule has 2 aromatic carbocycles. The number of carbonyl (C=O) groups is 1. The van der Waals surface area contributed by atoms with E-state index in [2.05, 4.69) is 16.6 Å². The van der Waals surface area contributed by atoms with Crippen LogP contribution in [0.15, 0.2) is 66.1 Å². The number of benzene rings is 2. The largest absolute Gasteiger partial charge is 0.484 e. The molecule has 0 heterocycles. The van der Waals surface area contributed by atoms with E-state index in [1.165, 1.54) is 36.4 Å². The van der Waals surface area contributed by atoms with Gasteiger partial charge in [-0.2, -0.15) is 13.2 Å². The lowest BCUT2D eigenvalue weighted by Crippen LogP contribution is -2.28. The number of amides is 1. The van der Waals surface area contributed by atoms with Gasteiger partial charge in [0, 0.05) is 12.2 Å². The lowest BCUT2D eigenvalue weighted by atomic mass is 10.2. The van der Waals surface area contributed by atoms with Crippen LogP contribution in [0.5, 0.6) is 5.75 Å². The minimum absolute atomic E-state index is 0.173. The number of anilines is 1. The Hall–Kier alpha value is -3.01. The molecule has 0 aliphatic rings. The average Bonchev–Trinajstić information content (AvgIpc) is 2.64. The molecular weight excluding hydrogens is 397 g/mol. The lowest BCUT2D eigenvalue weighted by Gasteiger charge is -2.12. The van der Waals surface area contributed by atoms with Crippen molar-refractivity contribution in [2.24, 2.45) is 0 Å². The second-order valence-electron chi connectivity index (χ2n) is 5.54. The average molecular weight is 414 g/mol. The predicted octanol–water partition coefficient (Wildman–Crippen LogP) is 3.19. The molecule has 6 nitrogen and oxygen atoms in total. The molecule has 0 bridgehead atoms. The Morgan fingerprint density at radius 2 is 1.82 bits per heavy atom. The Morgan fingerprint density at radius 3 is 2.43 bits per heavy atom. The van der Waals surface area contributed by atoms with Crippen molar-refractivity contribution in [3.63, 3.8) is 0 Å². The number of hydrogen-bond acceptors (Lipinski definition) is 4. The van der Waals surface area contributed by atoms with Gasteiger partial charge >= 0.3 is 6.18 Å². The highest BCUT2D eigenvalue weighted by molar-refractivity contribution is 7.92. The predicted molar refractivity (Wildman–Crippen MR) is 97.4 cm³/mol. The summed E-state index contributed by atoms with van der Waals surface area (Å²) in [7, 11) is -4.10. The Balaban J connectivity index is 2.06. The summed E-state index contributed by atoms with van der Waals surface area (Å²) < 4.78 is 70.2. The van der Waals surface area contributed by atoms with Gasteiger partial charge in [-0.15, -0.1) is 6.58 Å². The van der Waals surface area contributed by atoms with Crippen LogP contribution in [0.4, 0.5) is 18.9 Å². The molecule has 0 atom stereocenters. The van der Waals surface area contributed by atoms with E-state index in [4.69, 9.17) is 4.74 Å². The van der Waals surface area contributed by atoms with Gasteiger partial charge in [-0.1, -0.05) is 12.1 Å². The van der Waals surface area contributed by atoms with Gasteiger partial charge in [0.25, 0.3) is 15.9 Å². The van der Waals surface area contributed by atoms with Gasteiger partial charge in [-0.3, -0.25) is 9.52 Å². The summed E-state index contributed by atoms with van der Waals surface area (Å²) in [5, 5.41) is 2.51. The van der Waals surface area contributed by atoms with Crippen LogP contribution in [-0.2, 0) is 21.0 Å². The molecule has 28 heavy (non-hydrogen) atoms. The van der Waals surface area contributed by atoms with Crippen LogP contribution in [-0.4, -0.2) is 27.5 Å². The lowest BCUT2D eigenvalue weighted by molar-refractivity contribution is -0.137. The molecule has 0 aromatic heterocycles. The Bertz CT molecular complexity index is 942. The van der Waals surface area contributed by atoms with E-state index in [0.29, 0.717) is 12.6 Å². The normalized spacial score (nSPS) is 11.5. The number of sulfonamides is 1. The highest BCUT2D eigenvalue weighted by Crippen LogP contribution is 2.31. The molecule has 0 spiro atoms. The van der Waals surface area contributed by atoms with Crippen molar-refractivity contribution in [1.82, 2.24) is 5.32 Å². The van der Waals surface area contributed by atoms with Gasteiger partial charge in [-0.05, 0) is 42.5 Å². The first-order valence-electron chi connectivity index (χ1n) is 7.92. The van der Waals surface area contributed by atoms with Crippen LogP contribution in [0, 0.1) is 0 Å².